The molecule has 2 aromatic heterocycles. The van der Waals surface area contributed by atoms with Crippen LogP contribution in [0.5, 0.6) is 5.75 Å². The molecule has 7 nitrogen and oxygen atoms in total. The second-order valence-corrected chi connectivity index (χ2v) is 5.82. The van der Waals surface area contributed by atoms with Gasteiger partial charge in [0.1, 0.15) is 5.65 Å². The largest absolute Gasteiger partial charge is 0.502 e. The Labute approximate surface area is 146 Å². The lowest BCUT2D eigenvalue weighted by Gasteiger charge is -2.05. The summed E-state index contributed by atoms with van der Waals surface area (Å²) in [5.74, 6) is -0.435. The van der Waals surface area contributed by atoms with E-state index in [2.05, 4.69) is 4.98 Å². The highest BCUT2D eigenvalue weighted by molar-refractivity contribution is 6.51. The first-order valence-electron chi connectivity index (χ1n) is 7.20. The SMILES string of the molecule is Cc1ccc2nc(/C(Cl)=C/c3ccc(O)c([N+](=O)[O-])c3)cc(=O)n2c1. The van der Waals surface area contributed by atoms with Gasteiger partial charge in [0, 0.05) is 18.3 Å². The van der Waals surface area contributed by atoms with Gasteiger partial charge in [0.15, 0.2) is 5.75 Å². The molecule has 0 aliphatic heterocycles. The summed E-state index contributed by atoms with van der Waals surface area (Å²) in [6.07, 6.45) is 3.12. The Hall–Kier alpha value is -3.19. The van der Waals surface area contributed by atoms with Gasteiger partial charge in [-0.25, -0.2) is 4.98 Å². The Balaban J connectivity index is 2.07. The van der Waals surface area contributed by atoms with E-state index in [1.54, 1.807) is 12.3 Å². The smallest absolute Gasteiger partial charge is 0.311 e. The second-order valence-electron chi connectivity index (χ2n) is 5.41. The van der Waals surface area contributed by atoms with E-state index in [4.69, 9.17) is 11.6 Å². The number of fused-ring (bicyclic) bond motifs is 1. The summed E-state index contributed by atoms with van der Waals surface area (Å²) in [6.45, 7) is 1.87. The summed E-state index contributed by atoms with van der Waals surface area (Å²) in [6, 6.07) is 8.69. The predicted molar refractivity (Wildman–Crippen MR) is 94.7 cm³/mol. The zero-order valence-corrected chi connectivity index (χ0v) is 13.8. The Morgan fingerprint density at radius 2 is 2.08 bits per heavy atom. The maximum Gasteiger partial charge on any atom is 0.311 e. The van der Waals surface area contributed by atoms with E-state index in [1.807, 2.05) is 13.0 Å². The third-order valence-electron chi connectivity index (χ3n) is 3.54. The molecule has 0 aliphatic carbocycles. The first-order valence-corrected chi connectivity index (χ1v) is 7.58. The van der Waals surface area contributed by atoms with Crippen LogP contribution in [-0.2, 0) is 0 Å². The van der Waals surface area contributed by atoms with Crippen LogP contribution in [0.15, 0.2) is 47.4 Å². The molecule has 0 bridgehead atoms. The van der Waals surface area contributed by atoms with Crippen LogP contribution >= 0.6 is 11.6 Å². The number of nitro benzene ring substituents is 1. The number of hydrogen-bond acceptors (Lipinski definition) is 5. The number of benzene rings is 1. The third kappa shape index (κ3) is 3.36. The van der Waals surface area contributed by atoms with Crippen LogP contribution < -0.4 is 5.56 Å². The van der Waals surface area contributed by atoms with E-state index in [1.165, 1.54) is 34.7 Å². The van der Waals surface area contributed by atoms with Gasteiger partial charge in [-0.2, -0.15) is 0 Å². The van der Waals surface area contributed by atoms with Crippen molar-refractivity contribution in [1.82, 2.24) is 9.38 Å². The predicted octanol–water partition coefficient (Wildman–Crippen LogP) is 3.35. The van der Waals surface area contributed by atoms with Crippen LogP contribution in [0, 0.1) is 17.0 Å². The Morgan fingerprint density at radius 1 is 1.32 bits per heavy atom. The van der Waals surface area contributed by atoms with Crippen molar-refractivity contribution in [2.45, 2.75) is 6.92 Å². The fourth-order valence-electron chi connectivity index (χ4n) is 2.33. The number of rotatable bonds is 3. The van der Waals surface area contributed by atoms with Gasteiger partial charge in [-0.1, -0.05) is 23.7 Å². The highest BCUT2D eigenvalue weighted by Crippen LogP contribution is 2.29. The maximum absolute atomic E-state index is 12.2. The van der Waals surface area contributed by atoms with Crippen molar-refractivity contribution in [3.63, 3.8) is 0 Å². The number of aromatic nitrogens is 2. The average molecular weight is 358 g/mol. The molecule has 25 heavy (non-hydrogen) atoms. The first-order chi connectivity index (χ1) is 11.8. The van der Waals surface area contributed by atoms with Gasteiger partial charge in [-0.15, -0.1) is 0 Å². The van der Waals surface area contributed by atoms with Crippen LogP contribution in [0.3, 0.4) is 0 Å². The monoisotopic (exact) mass is 357 g/mol. The molecule has 0 spiro atoms. The summed E-state index contributed by atoms with van der Waals surface area (Å²) in [5, 5.41) is 20.5. The van der Waals surface area contributed by atoms with Gasteiger partial charge < -0.3 is 5.11 Å². The van der Waals surface area contributed by atoms with Gasteiger partial charge in [-0.05, 0) is 36.3 Å². The molecule has 0 fully saturated rings. The molecule has 0 saturated carbocycles. The minimum Gasteiger partial charge on any atom is -0.502 e. The van der Waals surface area contributed by atoms with Crippen LogP contribution in [0.1, 0.15) is 16.8 Å². The fraction of sp³-hybridized carbons (Fsp3) is 0.0588. The van der Waals surface area contributed by atoms with Crippen molar-refractivity contribution in [2.24, 2.45) is 0 Å². The standard InChI is InChI=1S/C17H12ClN3O4/c1-10-2-5-16-19-13(8-17(23)20(16)9-10)12(18)6-11-3-4-15(22)14(7-11)21(24)25/h2-9,22H,1H3/b12-6-. The summed E-state index contributed by atoms with van der Waals surface area (Å²) in [5.41, 5.74) is 1.30. The zero-order valence-electron chi connectivity index (χ0n) is 13.0. The average Bonchev–Trinajstić information content (AvgIpc) is 2.56. The quantitative estimate of drug-likeness (QED) is 0.572. The van der Waals surface area contributed by atoms with Crippen LogP contribution in [-0.4, -0.2) is 19.4 Å². The van der Waals surface area contributed by atoms with Crippen LogP contribution in [0.2, 0.25) is 0 Å². The molecule has 3 rings (SSSR count). The Bertz CT molecular complexity index is 1090. The lowest BCUT2D eigenvalue weighted by Crippen LogP contribution is -2.15. The molecule has 8 heteroatoms. The highest BCUT2D eigenvalue weighted by Gasteiger charge is 2.13. The van der Waals surface area contributed by atoms with Crippen molar-refractivity contribution < 1.29 is 10.0 Å². The van der Waals surface area contributed by atoms with Crippen molar-refractivity contribution in [1.29, 1.82) is 0 Å². The van der Waals surface area contributed by atoms with E-state index in [0.29, 0.717) is 11.2 Å². The van der Waals surface area contributed by atoms with E-state index in [0.717, 1.165) is 5.56 Å². The second kappa shape index (κ2) is 6.37. The summed E-state index contributed by atoms with van der Waals surface area (Å²) >= 11 is 6.23. The van der Waals surface area contributed by atoms with Gasteiger partial charge in [0.2, 0.25) is 0 Å². The van der Waals surface area contributed by atoms with Gasteiger partial charge in [0.25, 0.3) is 5.56 Å². The minimum absolute atomic E-state index is 0.153. The highest BCUT2D eigenvalue weighted by atomic mass is 35.5. The molecule has 1 N–H and O–H groups in total. The molecule has 0 amide bonds. The van der Waals surface area contributed by atoms with Crippen LogP contribution in [0.25, 0.3) is 16.8 Å². The Morgan fingerprint density at radius 3 is 2.80 bits per heavy atom. The molecule has 126 valence electrons. The first kappa shape index (κ1) is 16.7. The van der Waals surface area contributed by atoms with E-state index >= 15 is 0 Å². The van der Waals surface area contributed by atoms with Crippen molar-refractivity contribution in [3.05, 3.63) is 79.9 Å². The van der Waals surface area contributed by atoms with E-state index in [-0.39, 0.29) is 16.3 Å². The number of nitro groups is 1. The molecule has 3 aromatic rings. The topological polar surface area (TPSA) is 97.7 Å². The van der Waals surface area contributed by atoms with E-state index in [9.17, 15) is 20.0 Å². The van der Waals surface area contributed by atoms with Crippen molar-refractivity contribution >= 4 is 34.0 Å². The normalized spacial score (nSPS) is 11.7. The lowest BCUT2D eigenvalue weighted by molar-refractivity contribution is -0.385. The van der Waals surface area contributed by atoms with Crippen molar-refractivity contribution in [2.75, 3.05) is 0 Å². The molecule has 0 radical (unpaired) electrons. The lowest BCUT2D eigenvalue weighted by atomic mass is 10.1. The number of phenolic OH excluding ortho intramolecular Hbond substituents is 1. The summed E-state index contributed by atoms with van der Waals surface area (Å²) < 4.78 is 1.41. The fourth-order valence-corrected chi connectivity index (χ4v) is 2.55. The van der Waals surface area contributed by atoms with Gasteiger partial charge in [0.05, 0.1) is 15.6 Å². The number of hydrogen-bond donors (Lipinski definition) is 1. The van der Waals surface area contributed by atoms with E-state index < -0.39 is 16.4 Å². The molecule has 1 aromatic carbocycles. The minimum atomic E-state index is -0.691. The maximum atomic E-state index is 12.2. The number of aryl methyl sites for hydroxylation is 1. The number of aromatic hydroxyl groups is 1. The number of nitrogens with zero attached hydrogens (tertiary/aromatic N) is 3. The number of phenols is 1. The van der Waals surface area contributed by atoms with Gasteiger partial charge in [-0.3, -0.25) is 19.3 Å². The zero-order chi connectivity index (χ0) is 18.1. The molecule has 2 heterocycles. The molecule has 0 aliphatic rings. The van der Waals surface area contributed by atoms with Gasteiger partial charge >= 0.3 is 5.69 Å². The molecule has 0 atom stereocenters. The van der Waals surface area contributed by atoms with Crippen molar-refractivity contribution in [3.8, 4) is 5.75 Å². The third-order valence-corrected chi connectivity index (χ3v) is 3.84. The summed E-state index contributed by atoms with van der Waals surface area (Å²) in [4.78, 5) is 26.7. The summed E-state index contributed by atoms with van der Waals surface area (Å²) in [7, 11) is 0. The molecule has 0 saturated heterocycles. The molecular weight excluding hydrogens is 346 g/mol. The Kier molecular flexibility index (Phi) is 4.24. The number of pyridine rings is 1. The number of halogens is 1. The van der Waals surface area contributed by atoms with Crippen LogP contribution in [0.4, 0.5) is 5.69 Å². The molecule has 0 unspecified atom stereocenters. The molecular formula is C17H12ClN3O4.